The third-order valence-corrected chi connectivity index (χ3v) is 8.17. The molecule has 2 aromatic carbocycles. The van der Waals surface area contributed by atoms with Crippen molar-refractivity contribution in [2.24, 2.45) is 7.05 Å². The van der Waals surface area contributed by atoms with Gasteiger partial charge < -0.3 is 5.11 Å². The maximum Gasteiger partial charge on any atom is 0.181 e. The Morgan fingerprint density at radius 2 is 1.70 bits per heavy atom. The van der Waals surface area contributed by atoms with Gasteiger partial charge in [-0.1, -0.05) is 56.3 Å². The first-order valence-electron chi connectivity index (χ1n) is 14.9. The van der Waals surface area contributed by atoms with Gasteiger partial charge in [-0.3, -0.25) is 14.0 Å². The SMILES string of the molecule is Cc1nc2nn(Cc3cnn(C)c3)cc2cc1-n1nc(-c2cccc3nn(C[C@H](O)c4ccccc4)cc23)c(C(C)C)c1C. The molecule has 10 heteroatoms. The minimum absolute atomic E-state index is 0.239. The summed E-state index contributed by atoms with van der Waals surface area (Å²) in [6.07, 6.45) is 7.24. The Kier molecular flexibility index (Phi) is 6.85. The highest BCUT2D eigenvalue weighted by Crippen LogP contribution is 2.37. The van der Waals surface area contributed by atoms with E-state index in [9.17, 15) is 5.11 Å². The molecule has 0 fully saturated rings. The first kappa shape index (κ1) is 27.7. The van der Waals surface area contributed by atoms with Gasteiger partial charge in [0.2, 0.25) is 0 Å². The average molecular weight is 586 g/mol. The van der Waals surface area contributed by atoms with Gasteiger partial charge in [-0.2, -0.15) is 20.4 Å². The lowest BCUT2D eigenvalue weighted by Gasteiger charge is -2.10. The van der Waals surface area contributed by atoms with Crippen LogP contribution in [-0.2, 0) is 20.1 Å². The number of nitrogens with zero attached hydrogens (tertiary/aromatic N) is 9. The van der Waals surface area contributed by atoms with Gasteiger partial charge in [-0.15, -0.1) is 0 Å². The fraction of sp³-hybridized carbons (Fsp3) is 0.265. The van der Waals surface area contributed by atoms with E-state index in [1.807, 2.05) is 95.3 Å². The molecule has 5 heterocycles. The molecule has 0 bridgehead atoms. The zero-order chi connectivity index (χ0) is 30.5. The second-order valence-electron chi connectivity index (χ2n) is 11.8. The van der Waals surface area contributed by atoms with Gasteiger partial charge in [0.05, 0.1) is 48.0 Å². The first-order valence-corrected chi connectivity index (χ1v) is 14.9. The Balaban J connectivity index is 1.28. The van der Waals surface area contributed by atoms with Crippen LogP contribution in [0.2, 0.25) is 0 Å². The highest BCUT2D eigenvalue weighted by Gasteiger charge is 2.23. The number of pyridine rings is 1. The number of aliphatic hydroxyl groups is 1. The van der Waals surface area contributed by atoms with Gasteiger partial charge in [0.25, 0.3) is 0 Å². The minimum Gasteiger partial charge on any atom is -0.386 e. The number of rotatable bonds is 8. The first-order chi connectivity index (χ1) is 21.2. The molecule has 0 saturated carbocycles. The van der Waals surface area contributed by atoms with Gasteiger partial charge in [-0.05, 0) is 37.5 Å². The van der Waals surface area contributed by atoms with Crippen molar-refractivity contribution in [3.63, 3.8) is 0 Å². The number of fused-ring (bicyclic) bond motifs is 2. The molecule has 0 amide bonds. The van der Waals surface area contributed by atoms with E-state index in [4.69, 9.17) is 20.3 Å². The molecule has 0 saturated heterocycles. The van der Waals surface area contributed by atoms with Crippen LogP contribution in [0.1, 0.15) is 53.9 Å². The second-order valence-corrected chi connectivity index (χ2v) is 11.8. The zero-order valence-corrected chi connectivity index (χ0v) is 25.5. The maximum atomic E-state index is 10.9. The largest absolute Gasteiger partial charge is 0.386 e. The van der Waals surface area contributed by atoms with Crippen molar-refractivity contribution < 1.29 is 5.11 Å². The summed E-state index contributed by atoms with van der Waals surface area (Å²) in [6.45, 7) is 9.53. The Hall–Kier alpha value is -5.09. The predicted molar refractivity (Wildman–Crippen MR) is 171 cm³/mol. The summed E-state index contributed by atoms with van der Waals surface area (Å²) in [4.78, 5) is 4.87. The minimum atomic E-state index is -0.652. The molecule has 0 unspecified atom stereocenters. The van der Waals surface area contributed by atoms with E-state index in [0.29, 0.717) is 18.7 Å². The summed E-state index contributed by atoms with van der Waals surface area (Å²) in [5.41, 5.74) is 9.51. The van der Waals surface area contributed by atoms with Crippen LogP contribution in [0.15, 0.2) is 79.4 Å². The fourth-order valence-electron chi connectivity index (χ4n) is 6.11. The Morgan fingerprint density at radius 1 is 0.886 bits per heavy atom. The van der Waals surface area contributed by atoms with Gasteiger partial charge >= 0.3 is 0 Å². The zero-order valence-electron chi connectivity index (χ0n) is 25.5. The molecule has 7 aromatic rings. The van der Waals surface area contributed by atoms with Gasteiger partial charge in [0.15, 0.2) is 5.65 Å². The molecule has 0 radical (unpaired) electrons. The predicted octanol–water partition coefficient (Wildman–Crippen LogP) is 5.89. The van der Waals surface area contributed by atoms with Gasteiger partial charge in [-0.25, -0.2) is 9.67 Å². The molecule has 0 aliphatic heterocycles. The van der Waals surface area contributed by atoms with E-state index in [2.05, 4.69) is 38.0 Å². The normalized spacial score (nSPS) is 12.6. The molecular weight excluding hydrogens is 550 g/mol. The van der Waals surface area contributed by atoms with Crippen molar-refractivity contribution in [1.29, 1.82) is 0 Å². The summed E-state index contributed by atoms with van der Waals surface area (Å²) in [7, 11) is 1.91. The van der Waals surface area contributed by atoms with E-state index >= 15 is 0 Å². The Labute approximate surface area is 255 Å². The van der Waals surface area contributed by atoms with Crippen LogP contribution in [0.5, 0.6) is 0 Å². The maximum absolute atomic E-state index is 10.9. The van der Waals surface area contributed by atoms with Crippen molar-refractivity contribution in [2.45, 2.75) is 52.8 Å². The molecule has 0 aliphatic rings. The van der Waals surface area contributed by atoms with E-state index < -0.39 is 6.10 Å². The lowest BCUT2D eigenvalue weighted by Crippen LogP contribution is -2.08. The average Bonchev–Trinajstić information content (AvgIpc) is 3.77. The van der Waals surface area contributed by atoms with Crippen LogP contribution in [0.4, 0.5) is 0 Å². The Morgan fingerprint density at radius 3 is 2.45 bits per heavy atom. The van der Waals surface area contributed by atoms with Gasteiger partial charge in [0, 0.05) is 58.8 Å². The summed E-state index contributed by atoms with van der Waals surface area (Å²) < 4.78 is 7.55. The van der Waals surface area contributed by atoms with Crippen LogP contribution in [0.25, 0.3) is 38.9 Å². The number of benzene rings is 2. The van der Waals surface area contributed by atoms with Crippen molar-refractivity contribution in [3.05, 3.63) is 107 Å². The number of aryl methyl sites for hydroxylation is 2. The van der Waals surface area contributed by atoms with E-state index in [1.165, 1.54) is 5.56 Å². The molecule has 44 heavy (non-hydrogen) atoms. The highest BCUT2D eigenvalue weighted by atomic mass is 16.3. The highest BCUT2D eigenvalue weighted by molar-refractivity contribution is 5.94. The summed E-state index contributed by atoms with van der Waals surface area (Å²) in [5, 5.41) is 31.8. The molecule has 0 spiro atoms. The fourth-order valence-corrected chi connectivity index (χ4v) is 6.11. The second kappa shape index (κ2) is 10.9. The van der Waals surface area contributed by atoms with Crippen LogP contribution < -0.4 is 0 Å². The van der Waals surface area contributed by atoms with Crippen LogP contribution in [0, 0.1) is 13.8 Å². The molecule has 5 aromatic heterocycles. The van der Waals surface area contributed by atoms with E-state index in [1.54, 1.807) is 4.68 Å². The molecule has 222 valence electrons. The molecule has 1 N–H and O–H groups in total. The van der Waals surface area contributed by atoms with Crippen LogP contribution >= 0.6 is 0 Å². The van der Waals surface area contributed by atoms with Crippen molar-refractivity contribution in [2.75, 3.05) is 0 Å². The smallest absolute Gasteiger partial charge is 0.181 e. The standard InChI is InChI=1S/C34H35N9O/c1-21(2)32-23(4)43(30-14-26-18-41(39-34(26)36-22(30)3)17-24-15-35-40(5)16-24)38-33(32)27-12-9-13-29-28(27)19-42(37-29)20-31(44)25-10-7-6-8-11-25/h6-16,18-19,21,31,44H,17,20H2,1-5H3/t31-/m0/s1. The number of hydrogen-bond acceptors (Lipinski definition) is 6. The molecule has 0 aliphatic carbocycles. The summed E-state index contributed by atoms with van der Waals surface area (Å²) >= 11 is 0. The summed E-state index contributed by atoms with van der Waals surface area (Å²) in [5.74, 6) is 0.239. The summed E-state index contributed by atoms with van der Waals surface area (Å²) in [6, 6.07) is 18.0. The van der Waals surface area contributed by atoms with Gasteiger partial charge in [0.1, 0.15) is 0 Å². The van der Waals surface area contributed by atoms with Crippen LogP contribution in [-0.4, -0.2) is 49.2 Å². The van der Waals surface area contributed by atoms with Crippen molar-refractivity contribution >= 4 is 21.9 Å². The molecule has 1 atom stereocenters. The van der Waals surface area contributed by atoms with Crippen LogP contribution in [0.3, 0.4) is 0 Å². The van der Waals surface area contributed by atoms with Crippen molar-refractivity contribution in [1.82, 2.24) is 44.1 Å². The third-order valence-electron chi connectivity index (χ3n) is 8.17. The monoisotopic (exact) mass is 585 g/mol. The number of hydrogen-bond donors (Lipinski definition) is 1. The van der Waals surface area contributed by atoms with E-state index in [0.717, 1.165) is 55.7 Å². The number of aromatic nitrogens is 9. The molecule has 10 nitrogen and oxygen atoms in total. The quantitative estimate of drug-likeness (QED) is 0.239. The Bertz CT molecular complexity index is 2110. The lowest BCUT2D eigenvalue weighted by molar-refractivity contribution is 0.152. The molecular formula is C34H35N9O. The lowest BCUT2D eigenvalue weighted by atomic mass is 9.95. The third kappa shape index (κ3) is 4.97. The molecule has 7 rings (SSSR count). The van der Waals surface area contributed by atoms with E-state index in [-0.39, 0.29) is 5.92 Å². The van der Waals surface area contributed by atoms with Crippen molar-refractivity contribution in [3.8, 4) is 16.9 Å². The topological polar surface area (TPSA) is 104 Å². The number of aliphatic hydroxyl groups excluding tert-OH is 1.